The van der Waals surface area contributed by atoms with E-state index in [1.807, 2.05) is 14.0 Å². The van der Waals surface area contributed by atoms with Crippen LogP contribution in [0.25, 0.3) is 0 Å². The Morgan fingerprint density at radius 3 is 2.45 bits per heavy atom. The van der Waals surface area contributed by atoms with Gasteiger partial charge >= 0.3 is 5.97 Å². The number of hydrogen-bond donors (Lipinski definition) is 1. The highest BCUT2D eigenvalue weighted by Crippen LogP contribution is 2.40. The number of hydrogen-bond acceptors (Lipinski definition) is 4. The van der Waals surface area contributed by atoms with Crippen LogP contribution in [0.5, 0.6) is 0 Å². The summed E-state index contributed by atoms with van der Waals surface area (Å²) in [5.41, 5.74) is -0.626. The summed E-state index contributed by atoms with van der Waals surface area (Å²) in [5, 5.41) is 3.17. The summed E-state index contributed by atoms with van der Waals surface area (Å²) in [6, 6.07) is 0. The SMILES string of the molecule is CCCCCCCOCC(NC)(C(=O)OCC)C1CC1. The number of likely N-dealkylation sites (N-methyl/N-ethyl adjacent to an activating group) is 1. The minimum Gasteiger partial charge on any atom is -0.465 e. The second-order valence-corrected chi connectivity index (χ2v) is 5.68. The Kier molecular flexibility index (Phi) is 8.15. The van der Waals surface area contributed by atoms with Gasteiger partial charge in [-0.3, -0.25) is 0 Å². The van der Waals surface area contributed by atoms with E-state index in [0.29, 0.717) is 19.1 Å². The molecule has 0 saturated heterocycles. The van der Waals surface area contributed by atoms with Crippen molar-refractivity contribution in [1.82, 2.24) is 5.32 Å². The smallest absolute Gasteiger partial charge is 0.329 e. The Morgan fingerprint density at radius 1 is 1.20 bits per heavy atom. The van der Waals surface area contributed by atoms with E-state index >= 15 is 0 Å². The Labute approximate surface area is 123 Å². The molecule has 1 unspecified atom stereocenters. The van der Waals surface area contributed by atoms with E-state index < -0.39 is 5.54 Å². The monoisotopic (exact) mass is 285 g/mol. The second-order valence-electron chi connectivity index (χ2n) is 5.68. The summed E-state index contributed by atoms with van der Waals surface area (Å²) >= 11 is 0. The zero-order valence-electron chi connectivity index (χ0n) is 13.4. The van der Waals surface area contributed by atoms with Crippen LogP contribution in [-0.2, 0) is 14.3 Å². The fourth-order valence-corrected chi connectivity index (χ4v) is 2.60. The van der Waals surface area contributed by atoms with Crippen LogP contribution >= 0.6 is 0 Å². The van der Waals surface area contributed by atoms with E-state index in [4.69, 9.17) is 9.47 Å². The molecule has 1 N–H and O–H groups in total. The second kappa shape index (κ2) is 9.35. The summed E-state index contributed by atoms with van der Waals surface area (Å²) in [7, 11) is 1.83. The van der Waals surface area contributed by atoms with Gasteiger partial charge in [-0.1, -0.05) is 32.6 Å². The molecule has 1 aliphatic carbocycles. The third-order valence-electron chi connectivity index (χ3n) is 4.08. The van der Waals surface area contributed by atoms with Gasteiger partial charge in [0.05, 0.1) is 13.2 Å². The van der Waals surface area contributed by atoms with Crippen LogP contribution in [0.4, 0.5) is 0 Å². The number of carbonyl (C=O) groups is 1. The molecule has 4 nitrogen and oxygen atoms in total. The molecule has 118 valence electrons. The lowest BCUT2D eigenvalue weighted by molar-refractivity contribution is -0.155. The number of rotatable bonds is 12. The van der Waals surface area contributed by atoms with Gasteiger partial charge in [0.15, 0.2) is 0 Å². The van der Waals surface area contributed by atoms with Gasteiger partial charge in [0, 0.05) is 6.61 Å². The number of unbranched alkanes of at least 4 members (excludes halogenated alkanes) is 4. The standard InChI is InChI=1S/C16H31NO3/c1-4-6-7-8-9-12-19-13-16(17-3,14-10-11-14)15(18)20-5-2/h14,17H,4-13H2,1-3H3. The first-order chi connectivity index (χ1) is 9.71. The summed E-state index contributed by atoms with van der Waals surface area (Å²) in [5.74, 6) is 0.211. The van der Waals surface area contributed by atoms with Gasteiger partial charge in [-0.25, -0.2) is 4.79 Å². The van der Waals surface area contributed by atoms with Gasteiger partial charge in [-0.2, -0.15) is 0 Å². The van der Waals surface area contributed by atoms with Crippen LogP contribution in [-0.4, -0.2) is 38.4 Å². The Morgan fingerprint density at radius 2 is 1.90 bits per heavy atom. The highest BCUT2D eigenvalue weighted by molar-refractivity contribution is 5.82. The fourth-order valence-electron chi connectivity index (χ4n) is 2.60. The Balaban J connectivity index is 2.32. The van der Waals surface area contributed by atoms with E-state index in [1.54, 1.807) is 0 Å². The maximum atomic E-state index is 12.2. The predicted octanol–water partition coefficient (Wildman–Crippen LogP) is 2.90. The quantitative estimate of drug-likeness (QED) is 0.442. The summed E-state index contributed by atoms with van der Waals surface area (Å²) in [6.45, 7) is 5.65. The maximum absolute atomic E-state index is 12.2. The maximum Gasteiger partial charge on any atom is 0.329 e. The number of ether oxygens (including phenoxy) is 2. The molecule has 4 heteroatoms. The lowest BCUT2D eigenvalue weighted by Crippen LogP contribution is -2.57. The molecule has 0 aliphatic heterocycles. The van der Waals surface area contributed by atoms with Crippen LogP contribution in [0.2, 0.25) is 0 Å². The van der Waals surface area contributed by atoms with Gasteiger partial charge in [0.2, 0.25) is 0 Å². The molecule has 0 aromatic heterocycles. The first-order valence-electron chi connectivity index (χ1n) is 8.15. The molecular weight excluding hydrogens is 254 g/mol. The van der Waals surface area contributed by atoms with Gasteiger partial charge in [-0.15, -0.1) is 0 Å². The molecule has 20 heavy (non-hydrogen) atoms. The van der Waals surface area contributed by atoms with Crippen molar-refractivity contribution in [1.29, 1.82) is 0 Å². The molecule has 0 aromatic rings. The molecule has 0 heterocycles. The average Bonchev–Trinajstić information content (AvgIpc) is 3.27. The third-order valence-corrected chi connectivity index (χ3v) is 4.08. The van der Waals surface area contributed by atoms with Crippen LogP contribution in [0, 0.1) is 5.92 Å². The van der Waals surface area contributed by atoms with E-state index in [-0.39, 0.29) is 5.97 Å². The first-order valence-corrected chi connectivity index (χ1v) is 8.15. The Bertz CT molecular complexity index is 279. The largest absolute Gasteiger partial charge is 0.465 e. The van der Waals surface area contributed by atoms with Gasteiger partial charge in [-0.05, 0) is 39.2 Å². The van der Waals surface area contributed by atoms with E-state index in [9.17, 15) is 4.79 Å². The molecule has 1 atom stereocenters. The molecule has 0 radical (unpaired) electrons. The van der Waals surface area contributed by atoms with Crippen molar-refractivity contribution in [2.75, 3.05) is 26.9 Å². The molecule has 0 spiro atoms. The predicted molar refractivity (Wildman–Crippen MR) is 80.7 cm³/mol. The lowest BCUT2D eigenvalue weighted by Gasteiger charge is -2.31. The zero-order valence-corrected chi connectivity index (χ0v) is 13.4. The summed E-state index contributed by atoms with van der Waals surface area (Å²) in [6.07, 6.45) is 8.28. The Hall–Kier alpha value is -0.610. The molecular formula is C16H31NO3. The molecule has 1 aliphatic rings. The van der Waals surface area contributed by atoms with Crippen LogP contribution in [0.1, 0.15) is 58.8 Å². The minimum absolute atomic E-state index is 0.156. The van der Waals surface area contributed by atoms with E-state index in [1.165, 1.54) is 25.7 Å². The highest BCUT2D eigenvalue weighted by atomic mass is 16.5. The van der Waals surface area contributed by atoms with Crippen LogP contribution in [0.15, 0.2) is 0 Å². The average molecular weight is 285 g/mol. The third kappa shape index (κ3) is 5.06. The van der Waals surface area contributed by atoms with Gasteiger partial charge in [0.25, 0.3) is 0 Å². The number of nitrogens with one attached hydrogen (secondary N) is 1. The number of esters is 1. The molecule has 1 saturated carbocycles. The lowest BCUT2D eigenvalue weighted by atomic mass is 9.94. The first kappa shape index (κ1) is 17.4. The van der Waals surface area contributed by atoms with Crippen molar-refractivity contribution in [3.05, 3.63) is 0 Å². The van der Waals surface area contributed by atoms with Crippen molar-refractivity contribution in [3.63, 3.8) is 0 Å². The molecule has 0 amide bonds. The van der Waals surface area contributed by atoms with Crippen molar-refractivity contribution in [2.45, 2.75) is 64.3 Å². The van der Waals surface area contributed by atoms with Crippen molar-refractivity contribution < 1.29 is 14.3 Å². The fraction of sp³-hybridized carbons (Fsp3) is 0.938. The highest BCUT2D eigenvalue weighted by Gasteiger charge is 2.51. The molecule has 1 rings (SSSR count). The zero-order chi connectivity index (χ0) is 14.8. The number of carbonyl (C=O) groups excluding carboxylic acids is 1. The van der Waals surface area contributed by atoms with Gasteiger partial charge in [0.1, 0.15) is 5.54 Å². The van der Waals surface area contributed by atoms with Crippen molar-refractivity contribution in [2.24, 2.45) is 5.92 Å². The summed E-state index contributed by atoms with van der Waals surface area (Å²) in [4.78, 5) is 12.2. The van der Waals surface area contributed by atoms with Crippen LogP contribution < -0.4 is 5.32 Å². The van der Waals surface area contributed by atoms with Crippen molar-refractivity contribution >= 4 is 5.97 Å². The molecule has 0 bridgehead atoms. The summed E-state index contributed by atoms with van der Waals surface area (Å²) < 4.78 is 11.0. The van der Waals surface area contributed by atoms with Crippen molar-refractivity contribution in [3.8, 4) is 0 Å². The van der Waals surface area contributed by atoms with Crippen LogP contribution in [0.3, 0.4) is 0 Å². The van der Waals surface area contributed by atoms with E-state index in [2.05, 4.69) is 12.2 Å². The molecule has 1 fully saturated rings. The minimum atomic E-state index is -0.626. The molecule has 0 aromatic carbocycles. The van der Waals surface area contributed by atoms with E-state index in [0.717, 1.165) is 25.9 Å². The normalized spacial score (nSPS) is 17.8. The topological polar surface area (TPSA) is 47.6 Å². The van der Waals surface area contributed by atoms with Gasteiger partial charge < -0.3 is 14.8 Å².